The highest BCUT2D eigenvalue weighted by atomic mass is 16.3. The standard InChI is InChI=1S/C8H15NO2/c1-3-7(5-6-10)9-8(11)4-2/h4,7,10H,2-3,5-6H2,1H3,(H,9,11). The summed E-state index contributed by atoms with van der Waals surface area (Å²) in [5, 5.41) is 11.3. The molecule has 11 heavy (non-hydrogen) atoms. The van der Waals surface area contributed by atoms with Crippen LogP contribution < -0.4 is 5.32 Å². The van der Waals surface area contributed by atoms with E-state index in [2.05, 4.69) is 11.9 Å². The van der Waals surface area contributed by atoms with Gasteiger partial charge in [0.1, 0.15) is 0 Å². The zero-order chi connectivity index (χ0) is 8.69. The molecule has 0 aliphatic heterocycles. The van der Waals surface area contributed by atoms with Gasteiger partial charge in [-0.1, -0.05) is 13.5 Å². The minimum absolute atomic E-state index is 0.0745. The summed E-state index contributed by atoms with van der Waals surface area (Å²) in [6.45, 7) is 5.40. The number of rotatable bonds is 5. The van der Waals surface area contributed by atoms with E-state index in [9.17, 15) is 4.79 Å². The van der Waals surface area contributed by atoms with Crippen molar-refractivity contribution < 1.29 is 9.90 Å². The van der Waals surface area contributed by atoms with Crippen LogP contribution >= 0.6 is 0 Å². The van der Waals surface area contributed by atoms with Crippen LogP contribution in [0.2, 0.25) is 0 Å². The molecule has 0 saturated carbocycles. The lowest BCUT2D eigenvalue weighted by atomic mass is 10.1. The Bertz CT molecular complexity index is 134. The molecule has 3 nitrogen and oxygen atoms in total. The highest BCUT2D eigenvalue weighted by Gasteiger charge is 2.05. The number of hydrogen-bond acceptors (Lipinski definition) is 2. The van der Waals surface area contributed by atoms with Gasteiger partial charge in [-0.3, -0.25) is 4.79 Å². The van der Waals surface area contributed by atoms with Gasteiger partial charge in [-0.25, -0.2) is 0 Å². The van der Waals surface area contributed by atoms with E-state index >= 15 is 0 Å². The molecule has 0 saturated heterocycles. The molecule has 1 amide bonds. The topological polar surface area (TPSA) is 49.3 Å². The fourth-order valence-electron chi connectivity index (χ4n) is 0.794. The molecule has 0 aromatic rings. The molecule has 1 unspecified atom stereocenters. The van der Waals surface area contributed by atoms with E-state index in [4.69, 9.17) is 5.11 Å². The third-order valence-corrected chi connectivity index (χ3v) is 1.50. The lowest BCUT2D eigenvalue weighted by Crippen LogP contribution is -2.33. The summed E-state index contributed by atoms with van der Waals surface area (Å²) in [7, 11) is 0. The Morgan fingerprint density at radius 1 is 1.82 bits per heavy atom. The van der Waals surface area contributed by atoms with Gasteiger partial charge >= 0.3 is 0 Å². The average Bonchev–Trinajstić information content (AvgIpc) is 2.03. The summed E-state index contributed by atoms with van der Waals surface area (Å²) in [6.07, 6.45) is 2.68. The molecule has 1 atom stereocenters. The largest absolute Gasteiger partial charge is 0.396 e. The summed E-state index contributed by atoms with van der Waals surface area (Å²) in [4.78, 5) is 10.7. The summed E-state index contributed by atoms with van der Waals surface area (Å²) < 4.78 is 0. The van der Waals surface area contributed by atoms with Gasteiger partial charge in [-0.15, -0.1) is 0 Å². The SMILES string of the molecule is C=CC(=O)NC(CC)CCO. The maximum absolute atomic E-state index is 10.7. The predicted octanol–water partition coefficient (Wildman–Crippen LogP) is 0.450. The maximum atomic E-state index is 10.7. The van der Waals surface area contributed by atoms with Crippen LogP contribution in [-0.2, 0) is 4.79 Å². The van der Waals surface area contributed by atoms with Crippen molar-refractivity contribution in [3.05, 3.63) is 12.7 Å². The van der Waals surface area contributed by atoms with E-state index in [1.807, 2.05) is 6.92 Å². The van der Waals surface area contributed by atoms with Crippen molar-refractivity contribution in [2.75, 3.05) is 6.61 Å². The van der Waals surface area contributed by atoms with Gasteiger partial charge in [0.25, 0.3) is 0 Å². The first-order valence-electron chi connectivity index (χ1n) is 3.78. The number of aliphatic hydroxyl groups is 1. The van der Waals surface area contributed by atoms with Gasteiger partial charge in [0, 0.05) is 12.6 Å². The second kappa shape index (κ2) is 5.92. The highest BCUT2D eigenvalue weighted by molar-refractivity contribution is 5.87. The summed E-state index contributed by atoms with van der Waals surface area (Å²) in [6, 6.07) is 0.0745. The van der Waals surface area contributed by atoms with E-state index in [0.717, 1.165) is 6.42 Å². The Morgan fingerprint density at radius 3 is 2.82 bits per heavy atom. The van der Waals surface area contributed by atoms with Crippen molar-refractivity contribution in [1.82, 2.24) is 5.32 Å². The molecule has 0 radical (unpaired) electrons. The molecular formula is C8H15NO2. The molecule has 0 aliphatic rings. The minimum atomic E-state index is -0.176. The van der Waals surface area contributed by atoms with Crippen molar-refractivity contribution >= 4 is 5.91 Å². The number of aliphatic hydroxyl groups excluding tert-OH is 1. The second-order valence-corrected chi connectivity index (χ2v) is 2.33. The molecule has 0 spiro atoms. The molecule has 0 aromatic carbocycles. The number of carbonyl (C=O) groups is 1. The zero-order valence-corrected chi connectivity index (χ0v) is 6.84. The van der Waals surface area contributed by atoms with Gasteiger partial charge in [-0.2, -0.15) is 0 Å². The highest BCUT2D eigenvalue weighted by Crippen LogP contribution is 1.95. The Balaban J connectivity index is 3.67. The zero-order valence-electron chi connectivity index (χ0n) is 6.84. The van der Waals surface area contributed by atoms with Crippen molar-refractivity contribution in [3.63, 3.8) is 0 Å². The fraction of sp³-hybridized carbons (Fsp3) is 0.625. The van der Waals surface area contributed by atoms with Crippen molar-refractivity contribution in [3.8, 4) is 0 Å². The first-order chi connectivity index (χ1) is 5.24. The van der Waals surface area contributed by atoms with Crippen LogP contribution in [0.1, 0.15) is 19.8 Å². The number of carbonyl (C=O) groups excluding carboxylic acids is 1. The molecule has 0 bridgehead atoms. The van der Waals surface area contributed by atoms with Gasteiger partial charge < -0.3 is 10.4 Å². The van der Waals surface area contributed by atoms with E-state index in [1.54, 1.807) is 0 Å². The van der Waals surface area contributed by atoms with E-state index in [-0.39, 0.29) is 18.6 Å². The van der Waals surface area contributed by atoms with Crippen LogP contribution in [0.15, 0.2) is 12.7 Å². The first kappa shape index (κ1) is 10.2. The van der Waals surface area contributed by atoms with Crippen molar-refractivity contribution in [2.45, 2.75) is 25.8 Å². The number of hydrogen-bond donors (Lipinski definition) is 2. The average molecular weight is 157 g/mol. The van der Waals surface area contributed by atoms with E-state index in [1.165, 1.54) is 6.08 Å². The molecule has 64 valence electrons. The maximum Gasteiger partial charge on any atom is 0.243 e. The van der Waals surface area contributed by atoms with Gasteiger partial charge in [0.05, 0.1) is 0 Å². The molecule has 0 aliphatic carbocycles. The summed E-state index contributed by atoms with van der Waals surface area (Å²) >= 11 is 0. The normalized spacial score (nSPS) is 12.2. The van der Waals surface area contributed by atoms with Crippen LogP contribution in [0.25, 0.3) is 0 Å². The lowest BCUT2D eigenvalue weighted by Gasteiger charge is -2.13. The van der Waals surface area contributed by atoms with Crippen molar-refractivity contribution in [1.29, 1.82) is 0 Å². The van der Waals surface area contributed by atoms with Crippen molar-refractivity contribution in [2.24, 2.45) is 0 Å². The lowest BCUT2D eigenvalue weighted by molar-refractivity contribution is -0.117. The smallest absolute Gasteiger partial charge is 0.243 e. The van der Waals surface area contributed by atoms with Crippen LogP contribution in [-0.4, -0.2) is 23.7 Å². The van der Waals surface area contributed by atoms with E-state index in [0.29, 0.717) is 6.42 Å². The summed E-state index contributed by atoms with van der Waals surface area (Å²) in [5.41, 5.74) is 0. The molecule has 3 heteroatoms. The first-order valence-corrected chi connectivity index (χ1v) is 3.78. The minimum Gasteiger partial charge on any atom is -0.396 e. The van der Waals surface area contributed by atoms with Crippen LogP contribution in [0.3, 0.4) is 0 Å². The van der Waals surface area contributed by atoms with Gasteiger partial charge in [0.15, 0.2) is 0 Å². The molecule has 0 rings (SSSR count). The van der Waals surface area contributed by atoms with Crippen LogP contribution in [0, 0.1) is 0 Å². The van der Waals surface area contributed by atoms with Crippen LogP contribution in [0.4, 0.5) is 0 Å². The van der Waals surface area contributed by atoms with Gasteiger partial charge in [0.2, 0.25) is 5.91 Å². The quantitative estimate of drug-likeness (QED) is 0.569. The Morgan fingerprint density at radius 2 is 2.45 bits per heavy atom. The predicted molar refractivity (Wildman–Crippen MR) is 44.1 cm³/mol. The monoisotopic (exact) mass is 157 g/mol. The Labute approximate surface area is 67.1 Å². The fourth-order valence-corrected chi connectivity index (χ4v) is 0.794. The number of nitrogens with one attached hydrogen (secondary N) is 1. The van der Waals surface area contributed by atoms with E-state index < -0.39 is 0 Å². The Kier molecular flexibility index (Phi) is 5.47. The number of amides is 1. The van der Waals surface area contributed by atoms with Crippen LogP contribution in [0.5, 0.6) is 0 Å². The summed E-state index contributed by atoms with van der Waals surface area (Å²) in [5.74, 6) is -0.176. The molecule has 0 aromatic heterocycles. The molecule has 2 N–H and O–H groups in total. The molecule has 0 fully saturated rings. The van der Waals surface area contributed by atoms with Gasteiger partial charge in [-0.05, 0) is 18.9 Å². The molecular weight excluding hydrogens is 142 g/mol. The molecule has 0 heterocycles. The third-order valence-electron chi connectivity index (χ3n) is 1.50. The second-order valence-electron chi connectivity index (χ2n) is 2.33. The third kappa shape index (κ3) is 4.56. The Hall–Kier alpha value is -0.830.